The van der Waals surface area contributed by atoms with Crippen molar-refractivity contribution in [2.75, 3.05) is 31.0 Å². The molecule has 0 spiro atoms. The Morgan fingerprint density at radius 1 is 0.800 bits per heavy atom. The lowest BCUT2D eigenvalue weighted by Gasteiger charge is -2.20. The fraction of sp³-hybridized carbons (Fsp3) is 0.290. The van der Waals surface area contributed by atoms with E-state index in [0.29, 0.717) is 48.1 Å². The van der Waals surface area contributed by atoms with E-state index in [-0.39, 0.29) is 50.2 Å². The molecule has 4 aromatic rings. The Bertz CT molecular complexity index is 1870. The largest absolute Gasteiger partial charge is 0.495 e. The van der Waals surface area contributed by atoms with Gasteiger partial charge in [-0.25, -0.2) is 0 Å². The topological polar surface area (TPSA) is 177 Å². The highest BCUT2D eigenvalue weighted by atomic mass is 32.1. The molecule has 1 atom stereocenters. The first-order valence-corrected chi connectivity index (χ1v) is 15.5. The zero-order valence-corrected chi connectivity index (χ0v) is 25.8. The Labute approximate surface area is 264 Å². The van der Waals surface area contributed by atoms with E-state index in [0.717, 1.165) is 4.70 Å². The molecule has 1 unspecified atom stereocenters. The number of methoxy groups -OCH3 is 2. The molecule has 0 bridgehead atoms. The van der Waals surface area contributed by atoms with Crippen molar-refractivity contribution >= 4 is 89.5 Å². The van der Waals surface area contributed by atoms with Crippen LogP contribution in [0.2, 0.25) is 0 Å². The summed E-state index contributed by atoms with van der Waals surface area (Å²) in [6.07, 6.45) is -0.551. The van der Waals surface area contributed by atoms with Crippen LogP contribution in [-0.2, 0) is 19.2 Å². The van der Waals surface area contributed by atoms with Crippen molar-refractivity contribution in [1.29, 1.82) is 0 Å². The van der Waals surface area contributed by atoms with Crippen LogP contribution in [0, 0.1) is 5.92 Å². The number of carbonyl (C=O) groups is 6. The van der Waals surface area contributed by atoms with Gasteiger partial charge in [-0.05, 0) is 41.5 Å². The van der Waals surface area contributed by atoms with Gasteiger partial charge in [-0.2, -0.15) is 0 Å². The number of thiophene rings is 2. The van der Waals surface area contributed by atoms with E-state index in [9.17, 15) is 28.8 Å². The highest BCUT2D eigenvalue weighted by Gasteiger charge is 2.39. The molecule has 1 aliphatic heterocycles. The minimum Gasteiger partial charge on any atom is -0.495 e. The second kappa shape index (κ2) is 13.0. The number of carboxylic acid groups (broad SMARTS) is 2. The smallest absolute Gasteiger partial charge is 0.303 e. The van der Waals surface area contributed by atoms with Gasteiger partial charge in [0.15, 0.2) is 11.6 Å². The van der Waals surface area contributed by atoms with Crippen LogP contribution < -0.4 is 19.7 Å². The average molecular weight is 653 g/mol. The van der Waals surface area contributed by atoms with Crippen LogP contribution in [-0.4, -0.2) is 66.3 Å². The number of benzene rings is 2. The van der Waals surface area contributed by atoms with Gasteiger partial charge in [0.1, 0.15) is 17.4 Å². The maximum atomic E-state index is 13.6. The zero-order valence-electron chi connectivity index (χ0n) is 24.2. The third-order valence-electron chi connectivity index (χ3n) is 7.41. The minimum absolute atomic E-state index is 0.121. The van der Waals surface area contributed by atoms with Crippen molar-refractivity contribution in [3.63, 3.8) is 0 Å². The SMILES string of the molecule is COc1cc2sc(C(=O)CCC(=O)O)cc2cc1NC(=O)C1CCN(c2cc3cc(C(=O)CCC(=O)O)sc3cc2OC)C1=O. The summed E-state index contributed by atoms with van der Waals surface area (Å²) in [5.41, 5.74) is 0.769. The van der Waals surface area contributed by atoms with Gasteiger partial charge in [0.05, 0.1) is 48.2 Å². The predicted octanol–water partition coefficient (Wildman–Crippen LogP) is 5.22. The number of Topliss-reactive ketones (excluding diaryl/α,β-unsaturated/α-hetero) is 2. The predicted molar refractivity (Wildman–Crippen MR) is 168 cm³/mol. The van der Waals surface area contributed by atoms with E-state index in [1.54, 1.807) is 36.4 Å². The Morgan fingerprint density at radius 2 is 1.33 bits per heavy atom. The normalized spacial score (nSPS) is 14.6. The molecule has 2 aromatic heterocycles. The molecule has 1 aliphatic rings. The Morgan fingerprint density at radius 3 is 1.87 bits per heavy atom. The van der Waals surface area contributed by atoms with Crippen molar-refractivity contribution in [3.05, 3.63) is 46.2 Å². The van der Waals surface area contributed by atoms with Gasteiger partial charge in [-0.1, -0.05) is 0 Å². The Balaban J connectivity index is 1.34. The average Bonchev–Trinajstić information content (AvgIpc) is 3.73. The third-order valence-corrected chi connectivity index (χ3v) is 9.69. The van der Waals surface area contributed by atoms with Crippen molar-refractivity contribution in [2.45, 2.75) is 32.1 Å². The number of nitrogens with zero attached hydrogens (tertiary/aromatic N) is 1. The lowest BCUT2D eigenvalue weighted by molar-refractivity contribution is -0.137. The van der Waals surface area contributed by atoms with Crippen molar-refractivity contribution in [3.8, 4) is 11.5 Å². The molecule has 1 saturated heterocycles. The van der Waals surface area contributed by atoms with E-state index in [1.165, 1.54) is 41.8 Å². The van der Waals surface area contributed by atoms with Gasteiger partial charge < -0.3 is 29.9 Å². The summed E-state index contributed by atoms with van der Waals surface area (Å²) in [6, 6.07) is 10.1. The third kappa shape index (κ3) is 6.66. The molecule has 14 heteroatoms. The number of fused-ring (bicyclic) bond motifs is 2. The highest BCUT2D eigenvalue weighted by molar-refractivity contribution is 7.21. The second-order valence-corrected chi connectivity index (χ2v) is 12.5. The molecule has 0 radical (unpaired) electrons. The number of aliphatic carboxylic acids is 2. The fourth-order valence-corrected chi connectivity index (χ4v) is 7.19. The van der Waals surface area contributed by atoms with E-state index >= 15 is 0 Å². The number of amides is 2. The van der Waals surface area contributed by atoms with Crippen LogP contribution in [0.3, 0.4) is 0 Å². The van der Waals surface area contributed by atoms with Gasteiger partial charge >= 0.3 is 11.9 Å². The van der Waals surface area contributed by atoms with E-state index < -0.39 is 29.7 Å². The molecule has 1 fully saturated rings. The molecule has 45 heavy (non-hydrogen) atoms. The molecule has 2 amide bonds. The molecule has 12 nitrogen and oxygen atoms in total. The summed E-state index contributed by atoms with van der Waals surface area (Å²) in [6.45, 7) is 0.246. The van der Waals surface area contributed by atoms with E-state index in [4.69, 9.17) is 19.7 Å². The molecule has 0 saturated carbocycles. The van der Waals surface area contributed by atoms with Gasteiger partial charge in [-0.3, -0.25) is 28.8 Å². The summed E-state index contributed by atoms with van der Waals surface area (Å²) in [5, 5.41) is 21.9. The number of anilines is 2. The summed E-state index contributed by atoms with van der Waals surface area (Å²) in [4.78, 5) is 75.9. The fourth-order valence-electron chi connectivity index (χ4n) is 5.11. The Kier molecular flexibility index (Phi) is 9.16. The summed E-state index contributed by atoms with van der Waals surface area (Å²) in [5.74, 6) is -3.93. The Hall–Kier alpha value is -4.82. The van der Waals surface area contributed by atoms with Crippen molar-refractivity contribution in [2.24, 2.45) is 5.92 Å². The number of nitrogens with one attached hydrogen (secondary N) is 1. The lowest BCUT2D eigenvalue weighted by atomic mass is 10.1. The van der Waals surface area contributed by atoms with Crippen LogP contribution >= 0.6 is 22.7 Å². The summed E-state index contributed by atoms with van der Waals surface area (Å²) >= 11 is 2.41. The van der Waals surface area contributed by atoms with Gasteiger partial charge in [0.2, 0.25) is 11.8 Å². The molecule has 5 rings (SSSR count). The maximum Gasteiger partial charge on any atom is 0.303 e. The summed E-state index contributed by atoms with van der Waals surface area (Å²) in [7, 11) is 2.89. The van der Waals surface area contributed by atoms with Crippen LogP contribution in [0.5, 0.6) is 11.5 Å². The van der Waals surface area contributed by atoms with Crippen LogP contribution in [0.4, 0.5) is 11.4 Å². The number of carbonyl (C=O) groups excluding carboxylic acids is 4. The maximum absolute atomic E-state index is 13.6. The number of hydrogen-bond donors (Lipinski definition) is 3. The zero-order chi connectivity index (χ0) is 32.4. The van der Waals surface area contributed by atoms with Crippen LogP contribution in [0.25, 0.3) is 20.2 Å². The number of ketones is 2. The standard InChI is InChI=1S/C31H28N2O10S2/c1-42-22-13-24-15(11-26(44-24)20(34)3-5-28(36)37)9-18(22)32-30(40)17-7-8-33(31(17)41)19-10-16-12-27(21(35)4-6-29(38)39)45-25(16)14-23(19)43-2/h9-14,17H,3-8H2,1-2H3,(H,32,40)(H,36,37)(H,38,39). The van der Waals surface area contributed by atoms with Gasteiger partial charge in [0.25, 0.3) is 0 Å². The second-order valence-electron chi connectivity index (χ2n) is 10.3. The molecular formula is C31H28N2O10S2. The van der Waals surface area contributed by atoms with E-state index in [1.807, 2.05) is 0 Å². The number of rotatable bonds is 13. The molecule has 3 N–H and O–H groups in total. The van der Waals surface area contributed by atoms with Gasteiger partial charge in [-0.15, -0.1) is 22.7 Å². The molecule has 3 heterocycles. The van der Waals surface area contributed by atoms with Crippen molar-refractivity contribution < 1.29 is 48.5 Å². The molecule has 2 aromatic carbocycles. The minimum atomic E-state index is -1.06. The molecule has 234 valence electrons. The monoisotopic (exact) mass is 652 g/mol. The quantitative estimate of drug-likeness (QED) is 0.128. The van der Waals surface area contributed by atoms with Crippen LogP contribution in [0.1, 0.15) is 51.4 Å². The first-order chi connectivity index (χ1) is 21.5. The van der Waals surface area contributed by atoms with Crippen LogP contribution in [0.15, 0.2) is 36.4 Å². The number of hydrogen-bond acceptors (Lipinski definition) is 10. The first kappa shape index (κ1) is 31.6. The first-order valence-electron chi connectivity index (χ1n) is 13.8. The highest BCUT2D eigenvalue weighted by Crippen LogP contribution is 2.41. The number of carboxylic acids is 2. The summed E-state index contributed by atoms with van der Waals surface area (Å²) < 4.78 is 12.5. The molecular weight excluding hydrogens is 624 g/mol. The van der Waals surface area contributed by atoms with E-state index in [2.05, 4.69) is 5.32 Å². The van der Waals surface area contributed by atoms with Crippen molar-refractivity contribution in [1.82, 2.24) is 0 Å². The number of ether oxygens (including phenoxy) is 2. The lowest BCUT2D eigenvalue weighted by Crippen LogP contribution is -2.33. The van der Waals surface area contributed by atoms with Gasteiger partial charge in [0, 0.05) is 40.9 Å². The molecule has 0 aliphatic carbocycles.